The van der Waals surface area contributed by atoms with Gasteiger partial charge in [0.2, 0.25) is 0 Å². The fourth-order valence-electron chi connectivity index (χ4n) is 2.34. The molecule has 1 N–H and O–H groups in total. The molecule has 1 atom stereocenters. The number of halogens is 1. The van der Waals surface area contributed by atoms with E-state index in [-0.39, 0.29) is 11.5 Å². The maximum absolute atomic E-state index is 5.94. The van der Waals surface area contributed by atoms with Gasteiger partial charge in [-0.1, -0.05) is 45.0 Å². The molecule has 1 heterocycles. The van der Waals surface area contributed by atoms with E-state index in [1.165, 1.54) is 0 Å². The lowest BCUT2D eigenvalue weighted by molar-refractivity contribution is 0.334. The quantitative estimate of drug-likeness (QED) is 0.849. The third-order valence-corrected chi connectivity index (χ3v) is 3.84. The van der Waals surface area contributed by atoms with E-state index in [9.17, 15) is 0 Å². The lowest BCUT2D eigenvalue weighted by Gasteiger charge is -2.31. The summed E-state index contributed by atoms with van der Waals surface area (Å²) in [6.07, 6.45) is 0.898. The van der Waals surface area contributed by atoms with Gasteiger partial charge in [0.15, 0.2) is 5.82 Å². The summed E-state index contributed by atoms with van der Waals surface area (Å²) >= 11 is 5.94. The Hall–Kier alpha value is -1.35. The van der Waals surface area contributed by atoms with E-state index in [1.54, 1.807) is 0 Å². The van der Waals surface area contributed by atoms with Crippen LogP contribution in [0, 0.1) is 12.3 Å². The number of nitrogens with one attached hydrogen (secondary N) is 1. The van der Waals surface area contributed by atoms with Gasteiger partial charge in [0.25, 0.3) is 0 Å². The molecule has 108 valence electrons. The van der Waals surface area contributed by atoms with Crippen molar-refractivity contribution in [2.45, 2.75) is 40.2 Å². The van der Waals surface area contributed by atoms with Gasteiger partial charge >= 0.3 is 0 Å². The largest absolute Gasteiger partial charge is 0.365 e. The third kappa shape index (κ3) is 3.21. The van der Waals surface area contributed by atoms with Crippen molar-refractivity contribution in [2.75, 3.05) is 11.2 Å². The van der Waals surface area contributed by atoms with Gasteiger partial charge < -0.3 is 5.32 Å². The molecule has 0 radical (unpaired) electrons. The van der Waals surface area contributed by atoms with Crippen LogP contribution in [0.25, 0.3) is 10.8 Å². The zero-order valence-corrected chi connectivity index (χ0v) is 13.3. The van der Waals surface area contributed by atoms with Crippen LogP contribution in [0.3, 0.4) is 0 Å². The predicted octanol–water partition coefficient (Wildman–Crippen LogP) is 4.39. The van der Waals surface area contributed by atoms with Crippen molar-refractivity contribution in [2.24, 2.45) is 5.41 Å². The Morgan fingerprint density at radius 3 is 2.40 bits per heavy atom. The van der Waals surface area contributed by atoms with E-state index < -0.39 is 0 Å². The van der Waals surface area contributed by atoms with Crippen molar-refractivity contribution < 1.29 is 0 Å². The maximum Gasteiger partial charge on any atom is 0.156 e. The molecule has 20 heavy (non-hydrogen) atoms. The average molecular weight is 292 g/mol. The first-order valence-electron chi connectivity index (χ1n) is 6.98. The van der Waals surface area contributed by atoms with Crippen LogP contribution in [0.1, 0.15) is 32.9 Å². The molecule has 0 aliphatic carbocycles. The number of aromatic nitrogens is 2. The molecule has 1 aromatic carbocycles. The minimum atomic E-state index is 0.114. The molecule has 3 nitrogen and oxygen atoms in total. The highest BCUT2D eigenvalue weighted by Crippen LogP contribution is 2.29. The Morgan fingerprint density at radius 1 is 1.15 bits per heavy atom. The minimum Gasteiger partial charge on any atom is -0.365 e. The van der Waals surface area contributed by atoms with Crippen LogP contribution in [0.4, 0.5) is 5.82 Å². The number of anilines is 1. The third-order valence-electron chi connectivity index (χ3n) is 3.63. The number of nitrogens with zero attached hydrogens (tertiary/aromatic N) is 2. The topological polar surface area (TPSA) is 37.8 Å². The molecule has 0 bridgehead atoms. The minimum absolute atomic E-state index is 0.114. The van der Waals surface area contributed by atoms with Gasteiger partial charge in [-0.2, -0.15) is 5.10 Å². The molecule has 1 aromatic heterocycles. The van der Waals surface area contributed by atoms with Crippen LogP contribution in [0.2, 0.25) is 0 Å². The van der Waals surface area contributed by atoms with Gasteiger partial charge in [0.05, 0.1) is 5.69 Å². The molecule has 2 rings (SSSR count). The zero-order chi connectivity index (χ0) is 14.8. The van der Waals surface area contributed by atoms with Crippen molar-refractivity contribution in [1.29, 1.82) is 0 Å². The fraction of sp³-hybridized carbons (Fsp3) is 0.500. The average Bonchev–Trinajstić information content (AvgIpc) is 2.40. The first-order valence-corrected chi connectivity index (χ1v) is 7.51. The summed E-state index contributed by atoms with van der Waals surface area (Å²) in [7, 11) is 0. The molecule has 0 spiro atoms. The number of hydrogen-bond acceptors (Lipinski definition) is 3. The number of hydrogen-bond donors (Lipinski definition) is 1. The normalized spacial score (nSPS) is 13.4. The molecule has 0 aliphatic rings. The lowest BCUT2D eigenvalue weighted by atomic mass is 9.85. The van der Waals surface area contributed by atoms with E-state index in [4.69, 9.17) is 11.6 Å². The Morgan fingerprint density at radius 2 is 1.80 bits per heavy atom. The van der Waals surface area contributed by atoms with Crippen LogP contribution in [-0.4, -0.2) is 22.1 Å². The summed E-state index contributed by atoms with van der Waals surface area (Å²) in [5, 5.41) is 14.4. The van der Waals surface area contributed by atoms with E-state index in [1.807, 2.05) is 19.1 Å². The first kappa shape index (κ1) is 15.0. The Bertz CT molecular complexity index is 590. The highest BCUT2D eigenvalue weighted by molar-refractivity contribution is 6.17. The summed E-state index contributed by atoms with van der Waals surface area (Å²) in [6, 6.07) is 8.49. The second-order valence-corrected chi connectivity index (χ2v) is 6.60. The Labute approximate surface area is 125 Å². The van der Waals surface area contributed by atoms with Crippen molar-refractivity contribution in [3.63, 3.8) is 0 Å². The van der Waals surface area contributed by atoms with Crippen molar-refractivity contribution >= 4 is 28.2 Å². The SMILES string of the molecule is Cc1nnc(NC(CCCl)C(C)(C)C)c2ccccc12. The van der Waals surface area contributed by atoms with Gasteiger partial charge in [0, 0.05) is 22.7 Å². The number of benzene rings is 1. The smallest absolute Gasteiger partial charge is 0.156 e. The first-order chi connectivity index (χ1) is 9.43. The molecule has 0 amide bonds. The zero-order valence-electron chi connectivity index (χ0n) is 12.6. The molecular formula is C16H22ClN3. The van der Waals surface area contributed by atoms with Crippen LogP contribution >= 0.6 is 11.6 Å². The molecular weight excluding hydrogens is 270 g/mol. The molecule has 2 aromatic rings. The van der Waals surface area contributed by atoms with Gasteiger partial charge in [-0.15, -0.1) is 16.7 Å². The second-order valence-electron chi connectivity index (χ2n) is 6.22. The fourth-order valence-corrected chi connectivity index (χ4v) is 2.56. The summed E-state index contributed by atoms with van der Waals surface area (Å²) in [5.74, 6) is 1.47. The van der Waals surface area contributed by atoms with E-state index >= 15 is 0 Å². The van der Waals surface area contributed by atoms with Crippen LogP contribution in [0.15, 0.2) is 24.3 Å². The van der Waals surface area contributed by atoms with Gasteiger partial charge in [-0.25, -0.2) is 0 Å². The number of fused-ring (bicyclic) bond motifs is 1. The summed E-state index contributed by atoms with van der Waals surface area (Å²) in [6.45, 7) is 8.61. The van der Waals surface area contributed by atoms with Crippen molar-refractivity contribution in [1.82, 2.24) is 10.2 Å². The summed E-state index contributed by atoms with van der Waals surface area (Å²) in [4.78, 5) is 0. The highest BCUT2D eigenvalue weighted by Gasteiger charge is 2.25. The van der Waals surface area contributed by atoms with E-state index in [0.29, 0.717) is 5.88 Å². The van der Waals surface area contributed by atoms with Crippen LogP contribution < -0.4 is 5.32 Å². The van der Waals surface area contributed by atoms with E-state index in [2.05, 4.69) is 48.4 Å². The standard InChI is InChI=1S/C16H22ClN3/c1-11-12-7-5-6-8-13(12)15(20-19-11)18-14(9-10-17)16(2,3)4/h5-8,14H,9-10H2,1-4H3,(H,18,20). The molecule has 0 fully saturated rings. The van der Waals surface area contributed by atoms with E-state index in [0.717, 1.165) is 28.7 Å². The van der Waals surface area contributed by atoms with Crippen molar-refractivity contribution in [3.05, 3.63) is 30.0 Å². The van der Waals surface area contributed by atoms with Gasteiger partial charge in [-0.3, -0.25) is 0 Å². The Kier molecular flexibility index (Phi) is 4.48. The molecule has 0 saturated heterocycles. The second kappa shape index (κ2) is 5.96. The number of alkyl halides is 1. The lowest BCUT2D eigenvalue weighted by Crippen LogP contribution is -2.34. The Balaban J connectivity index is 2.40. The molecule has 4 heteroatoms. The van der Waals surface area contributed by atoms with Crippen molar-refractivity contribution in [3.8, 4) is 0 Å². The van der Waals surface area contributed by atoms with Gasteiger partial charge in [0.1, 0.15) is 0 Å². The molecule has 1 unspecified atom stereocenters. The van der Waals surface area contributed by atoms with Crippen LogP contribution in [-0.2, 0) is 0 Å². The molecule has 0 saturated carbocycles. The maximum atomic E-state index is 5.94. The number of rotatable bonds is 4. The monoisotopic (exact) mass is 291 g/mol. The van der Waals surface area contributed by atoms with Crippen LogP contribution in [0.5, 0.6) is 0 Å². The summed E-state index contributed by atoms with van der Waals surface area (Å²) in [5.41, 5.74) is 1.07. The van der Waals surface area contributed by atoms with Gasteiger partial charge in [-0.05, 0) is 18.8 Å². The summed E-state index contributed by atoms with van der Waals surface area (Å²) < 4.78 is 0. The number of aryl methyl sites for hydroxylation is 1. The molecule has 0 aliphatic heterocycles. The predicted molar refractivity (Wildman–Crippen MR) is 86.5 cm³/mol. The highest BCUT2D eigenvalue weighted by atomic mass is 35.5.